The first-order valence-electron chi connectivity index (χ1n) is 7.77. The molecule has 134 valence electrons. The lowest BCUT2D eigenvalue weighted by atomic mass is 10.3. The minimum atomic E-state index is -1.08. The molecule has 0 aliphatic carbocycles. The van der Waals surface area contributed by atoms with Crippen molar-refractivity contribution in [1.29, 1.82) is 0 Å². The molecule has 0 radical (unpaired) electrons. The molecule has 24 heavy (non-hydrogen) atoms. The van der Waals surface area contributed by atoms with Gasteiger partial charge in [0.05, 0.1) is 19.4 Å². The van der Waals surface area contributed by atoms with Crippen LogP contribution in [0.3, 0.4) is 0 Å². The number of nitrogens with zero attached hydrogens (tertiary/aromatic N) is 1. The molecule has 0 N–H and O–H groups in total. The Labute approximate surface area is 139 Å². The maximum Gasteiger partial charge on any atom is 0.347 e. The van der Waals surface area contributed by atoms with Crippen LogP contribution in [0.25, 0.3) is 0 Å². The number of rotatable bonds is 9. The van der Waals surface area contributed by atoms with Gasteiger partial charge in [0.25, 0.3) is 11.8 Å². The zero-order valence-electron chi connectivity index (χ0n) is 13.7. The maximum atomic E-state index is 11.6. The second kappa shape index (κ2) is 9.64. The van der Waals surface area contributed by atoms with Crippen LogP contribution in [0.5, 0.6) is 0 Å². The molecule has 0 saturated carbocycles. The molecule has 0 aromatic rings. The van der Waals surface area contributed by atoms with Gasteiger partial charge in [-0.25, -0.2) is 9.59 Å². The third kappa shape index (κ3) is 6.35. The smallest absolute Gasteiger partial charge is 0.347 e. The molecule has 1 atom stereocenters. The molecule has 1 aliphatic rings. The highest BCUT2D eigenvalue weighted by atomic mass is 16.7. The minimum absolute atomic E-state index is 0.00812. The Kier molecular flexibility index (Phi) is 7.87. The Morgan fingerprint density at radius 1 is 1.08 bits per heavy atom. The molecule has 0 unspecified atom stereocenters. The lowest BCUT2D eigenvalue weighted by Gasteiger charge is -2.14. The van der Waals surface area contributed by atoms with E-state index in [0.29, 0.717) is 11.5 Å². The number of ether oxygens (including phenoxy) is 2. The van der Waals surface area contributed by atoms with Crippen molar-refractivity contribution >= 4 is 29.7 Å². The van der Waals surface area contributed by atoms with E-state index in [4.69, 9.17) is 9.47 Å². The van der Waals surface area contributed by atoms with Crippen molar-refractivity contribution in [2.45, 2.75) is 58.5 Å². The second-order valence-electron chi connectivity index (χ2n) is 5.20. The third-order valence-electron chi connectivity index (χ3n) is 3.11. The van der Waals surface area contributed by atoms with Gasteiger partial charge in [-0.05, 0) is 13.3 Å². The summed E-state index contributed by atoms with van der Waals surface area (Å²) in [5, 5.41) is 0.404. The van der Waals surface area contributed by atoms with Crippen molar-refractivity contribution in [3.05, 3.63) is 0 Å². The van der Waals surface area contributed by atoms with Crippen LogP contribution < -0.4 is 0 Å². The fraction of sp³-hybridized carbons (Fsp3) is 0.667. The van der Waals surface area contributed by atoms with Gasteiger partial charge >= 0.3 is 17.9 Å². The van der Waals surface area contributed by atoms with Crippen molar-refractivity contribution < 1.29 is 38.3 Å². The first kappa shape index (κ1) is 19.6. The largest absolute Gasteiger partial charge is 0.463 e. The first-order chi connectivity index (χ1) is 11.3. The van der Waals surface area contributed by atoms with Crippen LogP contribution in [0.4, 0.5) is 0 Å². The molecule has 0 bridgehead atoms. The molecule has 0 aromatic carbocycles. The van der Waals surface area contributed by atoms with Gasteiger partial charge in [-0.1, -0.05) is 13.3 Å². The van der Waals surface area contributed by atoms with E-state index in [1.54, 1.807) is 0 Å². The van der Waals surface area contributed by atoms with E-state index >= 15 is 0 Å². The van der Waals surface area contributed by atoms with Crippen molar-refractivity contribution in [3.63, 3.8) is 0 Å². The van der Waals surface area contributed by atoms with Crippen molar-refractivity contribution in [2.75, 3.05) is 6.61 Å². The summed E-state index contributed by atoms with van der Waals surface area (Å²) in [6, 6.07) is 0. The normalized spacial score (nSPS) is 15.2. The minimum Gasteiger partial charge on any atom is -0.463 e. The summed E-state index contributed by atoms with van der Waals surface area (Å²) in [6.07, 6.45) is -0.239. The summed E-state index contributed by atoms with van der Waals surface area (Å²) < 4.78 is 9.73. The topological polar surface area (TPSA) is 116 Å². The number of carbonyl (C=O) groups excluding carboxylic acids is 5. The van der Waals surface area contributed by atoms with E-state index in [2.05, 4.69) is 4.84 Å². The molecule has 1 saturated heterocycles. The summed E-state index contributed by atoms with van der Waals surface area (Å²) in [7, 11) is 0. The van der Waals surface area contributed by atoms with Gasteiger partial charge in [0.15, 0.2) is 6.10 Å². The van der Waals surface area contributed by atoms with E-state index in [-0.39, 0.29) is 32.3 Å². The predicted molar refractivity (Wildman–Crippen MR) is 77.8 cm³/mol. The molecule has 0 aromatic heterocycles. The molecular formula is C15H21NO8. The highest BCUT2D eigenvalue weighted by Crippen LogP contribution is 2.13. The zero-order chi connectivity index (χ0) is 18.1. The van der Waals surface area contributed by atoms with Crippen molar-refractivity contribution in [1.82, 2.24) is 5.06 Å². The quantitative estimate of drug-likeness (QED) is 0.340. The highest BCUT2D eigenvalue weighted by Gasteiger charge is 2.33. The van der Waals surface area contributed by atoms with Crippen LogP contribution in [-0.2, 0) is 38.3 Å². The van der Waals surface area contributed by atoms with Crippen molar-refractivity contribution in [2.24, 2.45) is 0 Å². The maximum absolute atomic E-state index is 11.6. The number of hydroxylamine groups is 2. The number of hydrogen-bond acceptors (Lipinski definition) is 8. The lowest BCUT2D eigenvalue weighted by Crippen LogP contribution is -2.32. The molecule has 0 spiro atoms. The molecule has 1 aliphatic heterocycles. The number of hydrogen-bond donors (Lipinski definition) is 0. The summed E-state index contributed by atoms with van der Waals surface area (Å²) in [5.41, 5.74) is 0. The van der Waals surface area contributed by atoms with Crippen LogP contribution in [0.1, 0.15) is 52.4 Å². The van der Waals surface area contributed by atoms with Gasteiger partial charge in [0, 0.05) is 12.8 Å². The van der Waals surface area contributed by atoms with Crippen LogP contribution in [-0.4, -0.2) is 47.5 Å². The number of unbranched alkanes of at least 4 members (excludes halogenated alkanes) is 1. The van der Waals surface area contributed by atoms with Gasteiger partial charge in [0.2, 0.25) is 0 Å². The van der Waals surface area contributed by atoms with Crippen LogP contribution in [0, 0.1) is 0 Å². The van der Waals surface area contributed by atoms with E-state index in [1.807, 2.05) is 6.92 Å². The number of imide groups is 1. The Morgan fingerprint density at radius 2 is 1.67 bits per heavy atom. The van der Waals surface area contributed by atoms with Crippen LogP contribution >= 0.6 is 0 Å². The Bertz CT molecular complexity index is 500. The fourth-order valence-corrected chi connectivity index (χ4v) is 1.75. The van der Waals surface area contributed by atoms with Gasteiger partial charge < -0.3 is 14.3 Å². The van der Waals surface area contributed by atoms with Gasteiger partial charge in [-0.15, -0.1) is 5.06 Å². The molecule has 1 fully saturated rings. The monoisotopic (exact) mass is 343 g/mol. The molecule has 9 nitrogen and oxygen atoms in total. The fourth-order valence-electron chi connectivity index (χ4n) is 1.75. The first-order valence-corrected chi connectivity index (χ1v) is 7.77. The van der Waals surface area contributed by atoms with Gasteiger partial charge in [0.1, 0.15) is 0 Å². The van der Waals surface area contributed by atoms with Gasteiger partial charge in [-0.2, -0.15) is 0 Å². The standard InChI is InChI=1S/C15H21NO8/c1-3-4-9-22-15(21)10(2)23-13(19)7-8-14(20)24-16-11(17)5-6-12(16)18/h10H,3-9H2,1-2H3/t10-/m0/s1. The van der Waals surface area contributed by atoms with E-state index in [1.165, 1.54) is 6.92 Å². The summed E-state index contributed by atoms with van der Waals surface area (Å²) in [5.74, 6) is -3.55. The second-order valence-corrected chi connectivity index (χ2v) is 5.20. The van der Waals surface area contributed by atoms with Crippen LogP contribution in [0.2, 0.25) is 0 Å². The molecule has 1 heterocycles. The average Bonchev–Trinajstić information content (AvgIpc) is 2.85. The highest BCUT2D eigenvalue weighted by molar-refractivity contribution is 6.01. The number of amides is 2. The van der Waals surface area contributed by atoms with Gasteiger partial charge in [-0.3, -0.25) is 14.4 Å². The van der Waals surface area contributed by atoms with E-state index < -0.39 is 35.8 Å². The van der Waals surface area contributed by atoms with E-state index in [9.17, 15) is 24.0 Å². The Hall–Kier alpha value is -2.45. The third-order valence-corrected chi connectivity index (χ3v) is 3.11. The molecule has 9 heteroatoms. The molecular weight excluding hydrogens is 322 g/mol. The lowest BCUT2D eigenvalue weighted by molar-refractivity contribution is -0.197. The average molecular weight is 343 g/mol. The Morgan fingerprint density at radius 3 is 2.25 bits per heavy atom. The number of esters is 2. The molecule has 1 rings (SSSR count). The van der Waals surface area contributed by atoms with Crippen LogP contribution in [0.15, 0.2) is 0 Å². The SMILES string of the molecule is CCCCOC(=O)[C@H](C)OC(=O)CCC(=O)ON1C(=O)CCC1=O. The summed E-state index contributed by atoms with van der Waals surface area (Å²) >= 11 is 0. The summed E-state index contributed by atoms with van der Waals surface area (Å²) in [6.45, 7) is 3.56. The zero-order valence-corrected chi connectivity index (χ0v) is 13.7. The number of carbonyl (C=O) groups is 5. The molecule has 2 amide bonds. The van der Waals surface area contributed by atoms with Crippen molar-refractivity contribution in [3.8, 4) is 0 Å². The summed E-state index contributed by atoms with van der Waals surface area (Å²) in [4.78, 5) is 61.8. The predicted octanol–water partition coefficient (Wildman–Crippen LogP) is 0.649. The van der Waals surface area contributed by atoms with E-state index in [0.717, 1.165) is 6.42 Å². The Balaban J connectivity index is 2.27.